The second kappa shape index (κ2) is 7.55. The zero-order chi connectivity index (χ0) is 18.6. The van der Waals surface area contributed by atoms with E-state index >= 15 is 0 Å². The minimum atomic E-state index is -1.15. The molecule has 0 aromatic heterocycles. The lowest BCUT2D eigenvalue weighted by atomic mass is 9.87. The quantitative estimate of drug-likeness (QED) is 0.762. The zero-order valence-electron chi connectivity index (χ0n) is 15.2. The first-order valence-electron chi connectivity index (χ1n) is 8.49. The molecule has 0 aliphatic carbocycles. The summed E-state index contributed by atoms with van der Waals surface area (Å²) in [5.74, 6) is 0.0288. The van der Waals surface area contributed by atoms with Crippen LogP contribution in [0.1, 0.15) is 32.8 Å². The third-order valence-corrected chi connectivity index (χ3v) is 4.70. The SMILES string of the molecule is CCN(CC)C(=O)CN1C(=O)N[C@@](CC)(c2ccc(OC)cc2)C1=O. The van der Waals surface area contributed by atoms with Gasteiger partial charge in [-0.1, -0.05) is 19.1 Å². The van der Waals surface area contributed by atoms with E-state index in [1.165, 1.54) is 0 Å². The van der Waals surface area contributed by atoms with Crippen LogP contribution in [0.4, 0.5) is 4.79 Å². The molecule has 1 heterocycles. The van der Waals surface area contributed by atoms with Gasteiger partial charge in [0.15, 0.2) is 0 Å². The molecule has 1 aliphatic heterocycles. The average Bonchev–Trinajstić information content (AvgIpc) is 2.88. The van der Waals surface area contributed by atoms with Crippen molar-refractivity contribution >= 4 is 17.8 Å². The predicted molar refractivity (Wildman–Crippen MR) is 93.1 cm³/mol. The summed E-state index contributed by atoms with van der Waals surface area (Å²) in [7, 11) is 1.56. The standard InChI is InChI=1S/C18H25N3O4/c1-5-18(13-8-10-14(25-4)11-9-13)16(23)21(17(24)19-18)12-15(22)20(6-2)7-3/h8-11H,5-7,12H2,1-4H3,(H,19,24)/t18-/m0/s1. The number of rotatable bonds is 7. The van der Waals surface area contributed by atoms with Crippen LogP contribution in [0.5, 0.6) is 5.75 Å². The van der Waals surface area contributed by atoms with Gasteiger partial charge in [0.05, 0.1) is 7.11 Å². The lowest BCUT2D eigenvalue weighted by molar-refractivity contribution is -0.139. The van der Waals surface area contributed by atoms with Crippen molar-refractivity contribution in [1.82, 2.24) is 15.1 Å². The number of amides is 4. The first-order valence-corrected chi connectivity index (χ1v) is 8.49. The molecular weight excluding hydrogens is 322 g/mol. The van der Waals surface area contributed by atoms with Gasteiger partial charge in [0.2, 0.25) is 5.91 Å². The Morgan fingerprint density at radius 2 is 1.76 bits per heavy atom. The predicted octanol–water partition coefficient (Wildman–Crippen LogP) is 1.72. The van der Waals surface area contributed by atoms with Crippen molar-refractivity contribution in [2.45, 2.75) is 32.7 Å². The molecule has 1 atom stereocenters. The van der Waals surface area contributed by atoms with Crippen molar-refractivity contribution < 1.29 is 19.1 Å². The number of nitrogens with zero attached hydrogens (tertiary/aromatic N) is 2. The summed E-state index contributed by atoms with van der Waals surface area (Å²) in [6.45, 7) is 6.39. The average molecular weight is 347 g/mol. The number of likely N-dealkylation sites (N-methyl/N-ethyl adjacent to an activating group) is 1. The highest BCUT2D eigenvalue weighted by Gasteiger charge is 2.51. The van der Waals surface area contributed by atoms with E-state index in [0.717, 1.165) is 4.90 Å². The van der Waals surface area contributed by atoms with Gasteiger partial charge in [0.25, 0.3) is 5.91 Å². The van der Waals surface area contributed by atoms with Crippen molar-refractivity contribution in [3.05, 3.63) is 29.8 Å². The number of methoxy groups -OCH3 is 1. The Bertz CT molecular complexity index is 655. The highest BCUT2D eigenvalue weighted by Crippen LogP contribution is 2.33. The Kier molecular flexibility index (Phi) is 5.66. The number of hydrogen-bond acceptors (Lipinski definition) is 4. The second-order valence-corrected chi connectivity index (χ2v) is 5.87. The Morgan fingerprint density at radius 1 is 1.16 bits per heavy atom. The minimum absolute atomic E-state index is 0.241. The first kappa shape index (κ1) is 18.8. The monoisotopic (exact) mass is 347 g/mol. The van der Waals surface area contributed by atoms with E-state index in [1.54, 1.807) is 36.3 Å². The topological polar surface area (TPSA) is 79.0 Å². The summed E-state index contributed by atoms with van der Waals surface area (Å²) in [5.41, 5.74) is -0.473. The van der Waals surface area contributed by atoms with E-state index in [9.17, 15) is 14.4 Å². The van der Waals surface area contributed by atoms with Crippen LogP contribution in [-0.4, -0.2) is 54.4 Å². The van der Waals surface area contributed by atoms with E-state index in [0.29, 0.717) is 30.8 Å². The molecule has 7 heteroatoms. The molecule has 1 aliphatic rings. The molecule has 136 valence electrons. The van der Waals surface area contributed by atoms with Gasteiger partial charge in [-0.3, -0.25) is 14.5 Å². The zero-order valence-corrected chi connectivity index (χ0v) is 15.2. The van der Waals surface area contributed by atoms with Gasteiger partial charge in [-0.05, 0) is 38.0 Å². The molecule has 0 radical (unpaired) electrons. The molecule has 1 saturated heterocycles. The van der Waals surface area contributed by atoms with E-state index in [-0.39, 0.29) is 12.5 Å². The van der Waals surface area contributed by atoms with Gasteiger partial charge in [-0.15, -0.1) is 0 Å². The molecule has 25 heavy (non-hydrogen) atoms. The fraction of sp³-hybridized carbons (Fsp3) is 0.500. The minimum Gasteiger partial charge on any atom is -0.497 e. The number of ether oxygens (including phenoxy) is 1. The summed E-state index contributed by atoms with van der Waals surface area (Å²) >= 11 is 0. The molecule has 0 spiro atoms. The van der Waals surface area contributed by atoms with Crippen LogP contribution in [0.3, 0.4) is 0 Å². The fourth-order valence-corrected chi connectivity index (χ4v) is 3.10. The van der Waals surface area contributed by atoms with Crippen LogP contribution >= 0.6 is 0 Å². The van der Waals surface area contributed by atoms with Gasteiger partial charge in [-0.25, -0.2) is 4.79 Å². The van der Waals surface area contributed by atoms with E-state index in [1.807, 2.05) is 20.8 Å². The number of imide groups is 1. The molecule has 0 saturated carbocycles. The van der Waals surface area contributed by atoms with Crippen molar-refractivity contribution in [3.63, 3.8) is 0 Å². The Labute approximate surface area is 147 Å². The smallest absolute Gasteiger partial charge is 0.325 e. The van der Waals surface area contributed by atoms with Crippen molar-refractivity contribution in [2.75, 3.05) is 26.7 Å². The van der Waals surface area contributed by atoms with Crippen LogP contribution in [0.15, 0.2) is 24.3 Å². The maximum Gasteiger partial charge on any atom is 0.325 e. The van der Waals surface area contributed by atoms with Crippen molar-refractivity contribution in [1.29, 1.82) is 0 Å². The first-order chi connectivity index (χ1) is 11.9. The molecule has 7 nitrogen and oxygen atoms in total. The number of urea groups is 1. The molecule has 2 rings (SSSR count). The number of benzene rings is 1. The second-order valence-electron chi connectivity index (χ2n) is 5.87. The van der Waals surface area contributed by atoms with Crippen LogP contribution in [0.2, 0.25) is 0 Å². The maximum atomic E-state index is 13.0. The summed E-state index contributed by atoms with van der Waals surface area (Å²) in [5, 5.41) is 2.78. The highest BCUT2D eigenvalue weighted by molar-refractivity contribution is 6.09. The number of carbonyl (C=O) groups is 3. The normalized spacial score (nSPS) is 19.8. The lowest BCUT2D eigenvalue weighted by Gasteiger charge is -2.26. The largest absolute Gasteiger partial charge is 0.497 e. The van der Waals surface area contributed by atoms with Gasteiger partial charge < -0.3 is 15.0 Å². The molecule has 1 aromatic rings. The van der Waals surface area contributed by atoms with Crippen LogP contribution in [-0.2, 0) is 15.1 Å². The Morgan fingerprint density at radius 3 is 2.24 bits per heavy atom. The van der Waals surface area contributed by atoms with Crippen LogP contribution in [0.25, 0.3) is 0 Å². The summed E-state index contributed by atoms with van der Waals surface area (Å²) in [6.07, 6.45) is 0.389. The van der Waals surface area contributed by atoms with Gasteiger partial charge in [-0.2, -0.15) is 0 Å². The molecular formula is C18H25N3O4. The van der Waals surface area contributed by atoms with Crippen molar-refractivity contribution in [2.24, 2.45) is 0 Å². The summed E-state index contributed by atoms with van der Waals surface area (Å²) in [4.78, 5) is 40.3. The van der Waals surface area contributed by atoms with E-state index in [2.05, 4.69) is 5.32 Å². The molecule has 1 fully saturated rings. The van der Waals surface area contributed by atoms with Gasteiger partial charge in [0, 0.05) is 13.1 Å². The molecule has 4 amide bonds. The van der Waals surface area contributed by atoms with E-state index < -0.39 is 17.5 Å². The third-order valence-electron chi connectivity index (χ3n) is 4.70. The Balaban J connectivity index is 2.28. The number of carbonyl (C=O) groups excluding carboxylic acids is 3. The van der Waals surface area contributed by atoms with E-state index in [4.69, 9.17) is 4.74 Å². The molecule has 0 bridgehead atoms. The highest BCUT2D eigenvalue weighted by atomic mass is 16.5. The molecule has 0 unspecified atom stereocenters. The molecule has 1 N–H and O–H groups in total. The van der Waals surface area contributed by atoms with Crippen LogP contribution in [0, 0.1) is 0 Å². The third kappa shape index (κ3) is 3.31. The maximum absolute atomic E-state index is 13.0. The van der Waals surface area contributed by atoms with Crippen molar-refractivity contribution in [3.8, 4) is 5.75 Å². The van der Waals surface area contributed by atoms with Crippen LogP contribution < -0.4 is 10.1 Å². The van der Waals surface area contributed by atoms with Gasteiger partial charge in [0.1, 0.15) is 17.8 Å². The van der Waals surface area contributed by atoms with Gasteiger partial charge >= 0.3 is 6.03 Å². The number of nitrogens with one attached hydrogen (secondary N) is 1. The Hall–Kier alpha value is -2.57. The summed E-state index contributed by atoms with van der Waals surface area (Å²) < 4.78 is 5.14. The summed E-state index contributed by atoms with van der Waals surface area (Å²) in [6, 6.07) is 6.47. The number of hydrogen-bond donors (Lipinski definition) is 1. The fourth-order valence-electron chi connectivity index (χ4n) is 3.10. The lowest BCUT2D eigenvalue weighted by Crippen LogP contribution is -2.45. The molecule has 1 aromatic carbocycles.